The fourth-order valence-electron chi connectivity index (χ4n) is 3.35. The van der Waals surface area contributed by atoms with Crippen molar-refractivity contribution in [2.75, 3.05) is 46.9 Å². The number of hydrogen-bond acceptors (Lipinski definition) is 6. The van der Waals surface area contributed by atoms with Gasteiger partial charge in [-0.15, -0.1) is 11.3 Å². The first-order chi connectivity index (χ1) is 14.1. The zero-order valence-electron chi connectivity index (χ0n) is 16.9. The van der Waals surface area contributed by atoms with Crippen molar-refractivity contribution in [2.45, 2.75) is 12.6 Å². The average Bonchev–Trinajstić information content (AvgIpc) is 3.27. The van der Waals surface area contributed by atoms with Crippen LogP contribution in [0, 0.1) is 0 Å². The molecular weight excluding hydrogens is 388 g/mol. The third-order valence-electron chi connectivity index (χ3n) is 5.14. The molecule has 2 amide bonds. The van der Waals surface area contributed by atoms with Crippen LogP contribution < -0.4 is 15.4 Å². The van der Waals surface area contributed by atoms with Crippen molar-refractivity contribution < 1.29 is 14.3 Å². The Morgan fingerprint density at radius 1 is 1.07 bits per heavy atom. The molecule has 7 nitrogen and oxygen atoms in total. The first-order valence-electron chi connectivity index (χ1n) is 9.72. The fourth-order valence-corrected chi connectivity index (χ4v) is 3.99. The van der Waals surface area contributed by atoms with Gasteiger partial charge in [0.05, 0.1) is 19.7 Å². The summed E-state index contributed by atoms with van der Waals surface area (Å²) in [7, 11) is 3.75. The maximum atomic E-state index is 12.3. The van der Waals surface area contributed by atoms with Gasteiger partial charge in [-0.3, -0.25) is 14.5 Å². The highest BCUT2D eigenvalue weighted by atomic mass is 32.1. The van der Waals surface area contributed by atoms with Gasteiger partial charge in [0, 0.05) is 37.6 Å². The van der Waals surface area contributed by atoms with Crippen LogP contribution in [-0.4, -0.2) is 68.5 Å². The number of thiophene rings is 1. The van der Waals surface area contributed by atoms with Crippen molar-refractivity contribution in [3.63, 3.8) is 0 Å². The number of ether oxygens (including phenoxy) is 1. The number of benzene rings is 1. The van der Waals surface area contributed by atoms with E-state index in [1.807, 2.05) is 41.8 Å². The van der Waals surface area contributed by atoms with Gasteiger partial charge in [0.25, 0.3) is 0 Å². The Morgan fingerprint density at radius 3 is 2.38 bits per heavy atom. The Kier molecular flexibility index (Phi) is 7.62. The van der Waals surface area contributed by atoms with E-state index in [-0.39, 0.29) is 6.04 Å². The molecule has 0 saturated carbocycles. The topological polar surface area (TPSA) is 73.9 Å². The van der Waals surface area contributed by atoms with E-state index in [1.54, 1.807) is 18.4 Å². The van der Waals surface area contributed by atoms with Gasteiger partial charge >= 0.3 is 11.8 Å². The molecule has 0 spiro atoms. The summed E-state index contributed by atoms with van der Waals surface area (Å²) in [5.41, 5.74) is 1.09. The summed E-state index contributed by atoms with van der Waals surface area (Å²) >= 11 is 1.55. The Bertz CT molecular complexity index is 787. The Labute approximate surface area is 175 Å². The van der Waals surface area contributed by atoms with Crippen LogP contribution in [0.25, 0.3) is 0 Å². The molecule has 1 aliphatic heterocycles. The van der Waals surface area contributed by atoms with Gasteiger partial charge in [-0.25, -0.2) is 0 Å². The predicted octanol–water partition coefficient (Wildman–Crippen LogP) is 1.48. The van der Waals surface area contributed by atoms with Gasteiger partial charge in [-0.05, 0) is 36.2 Å². The first-order valence-corrected chi connectivity index (χ1v) is 10.6. The highest BCUT2D eigenvalue weighted by Crippen LogP contribution is 2.24. The van der Waals surface area contributed by atoms with Gasteiger partial charge in [0.2, 0.25) is 0 Å². The number of nitrogens with one attached hydrogen (secondary N) is 2. The summed E-state index contributed by atoms with van der Waals surface area (Å²) in [5.74, 6) is -0.415. The molecule has 29 heavy (non-hydrogen) atoms. The Morgan fingerprint density at radius 2 is 1.76 bits per heavy atom. The van der Waals surface area contributed by atoms with Crippen LogP contribution in [0.4, 0.5) is 0 Å². The molecule has 1 atom stereocenters. The number of likely N-dealkylation sites (N-methyl/N-ethyl adjacent to an activating group) is 1. The molecule has 2 heterocycles. The number of carbonyl (C=O) groups excluding carboxylic acids is 2. The molecule has 1 aromatic heterocycles. The minimum atomic E-state index is -0.606. The number of piperazine rings is 1. The Hall–Kier alpha value is -2.42. The van der Waals surface area contributed by atoms with Crippen LogP contribution in [0.2, 0.25) is 0 Å². The standard InChI is InChI=1S/C21H28N4O3S/c1-24-9-11-25(12-10-24)19(16-5-7-17(28-2)8-6-16)15-23-21(27)20(26)22-14-18-4-3-13-29-18/h3-8,13,19H,9-12,14-15H2,1-2H3,(H,22,26)(H,23,27). The minimum absolute atomic E-state index is 0.00338. The third kappa shape index (κ3) is 6.03. The van der Waals surface area contributed by atoms with Crippen molar-refractivity contribution >= 4 is 23.2 Å². The molecule has 8 heteroatoms. The van der Waals surface area contributed by atoms with Crippen molar-refractivity contribution in [2.24, 2.45) is 0 Å². The van der Waals surface area contributed by atoms with E-state index in [1.165, 1.54) is 0 Å². The lowest BCUT2D eigenvalue weighted by Gasteiger charge is -2.38. The van der Waals surface area contributed by atoms with E-state index in [0.29, 0.717) is 13.1 Å². The third-order valence-corrected chi connectivity index (χ3v) is 6.02. The molecule has 2 aromatic rings. The number of hydrogen-bond donors (Lipinski definition) is 2. The van der Waals surface area contributed by atoms with E-state index in [9.17, 15) is 9.59 Å². The molecule has 1 fully saturated rings. The maximum Gasteiger partial charge on any atom is 0.309 e. The molecule has 1 aromatic carbocycles. The molecule has 0 aliphatic carbocycles. The predicted molar refractivity (Wildman–Crippen MR) is 114 cm³/mol. The number of amides is 2. The summed E-state index contributed by atoms with van der Waals surface area (Å²) in [5, 5.41) is 7.43. The smallest absolute Gasteiger partial charge is 0.309 e. The van der Waals surface area contributed by atoms with Crippen LogP contribution in [0.3, 0.4) is 0 Å². The van der Waals surface area contributed by atoms with Crippen molar-refractivity contribution in [3.8, 4) is 5.75 Å². The summed E-state index contributed by atoms with van der Waals surface area (Å²) in [4.78, 5) is 30.1. The highest BCUT2D eigenvalue weighted by Gasteiger charge is 2.25. The van der Waals surface area contributed by atoms with Crippen LogP contribution in [0.15, 0.2) is 41.8 Å². The molecule has 1 unspecified atom stereocenters. The minimum Gasteiger partial charge on any atom is -0.497 e. The highest BCUT2D eigenvalue weighted by molar-refractivity contribution is 7.09. The van der Waals surface area contributed by atoms with Crippen LogP contribution in [0.5, 0.6) is 5.75 Å². The van der Waals surface area contributed by atoms with Crippen LogP contribution in [0.1, 0.15) is 16.5 Å². The lowest BCUT2D eigenvalue weighted by atomic mass is 10.0. The largest absolute Gasteiger partial charge is 0.497 e. The van der Waals surface area contributed by atoms with Gasteiger partial charge in [0.1, 0.15) is 5.75 Å². The lowest BCUT2D eigenvalue weighted by molar-refractivity contribution is -0.139. The van der Waals surface area contributed by atoms with E-state index >= 15 is 0 Å². The van der Waals surface area contributed by atoms with E-state index < -0.39 is 11.8 Å². The molecule has 3 rings (SSSR count). The summed E-state index contributed by atoms with van der Waals surface area (Å²) in [6, 6.07) is 11.7. The second-order valence-corrected chi connectivity index (χ2v) is 8.13. The molecule has 0 radical (unpaired) electrons. The molecule has 156 valence electrons. The van der Waals surface area contributed by atoms with Crippen molar-refractivity contribution in [3.05, 3.63) is 52.2 Å². The van der Waals surface area contributed by atoms with Gasteiger partial charge in [-0.1, -0.05) is 18.2 Å². The Balaban J connectivity index is 1.61. The molecule has 1 aliphatic rings. The molecular formula is C21H28N4O3S. The number of methoxy groups -OCH3 is 1. The number of carbonyl (C=O) groups is 2. The number of nitrogens with zero attached hydrogens (tertiary/aromatic N) is 2. The summed E-state index contributed by atoms with van der Waals surface area (Å²) in [6.07, 6.45) is 0. The zero-order valence-corrected chi connectivity index (χ0v) is 17.7. The van der Waals surface area contributed by atoms with Crippen molar-refractivity contribution in [1.29, 1.82) is 0 Å². The maximum absolute atomic E-state index is 12.3. The second-order valence-electron chi connectivity index (χ2n) is 7.10. The number of rotatable bonds is 7. The fraction of sp³-hybridized carbons (Fsp3) is 0.429. The van der Waals surface area contributed by atoms with E-state index in [2.05, 4.69) is 27.5 Å². The quantitative estimate of drug-likeness (QED) is 0.669. The van der Waals surface area contributed by atoms with Gasteiger partial charge in [0.15, 0.2) is 0 Å². The van der Waals surface area contributed by atoms with Gasteiger partial charge in [-0.2, -0.15) is 0 Å². The molecule has 0 bridgehead atoms. The summed E-state index contributed by atoms with van der Waals surface area (Å²) < 4.78 is 5.25. The lowest BCUT2D eigenvalue weighted by Crippen LogP contribution is -2.49. The molecule has 1 saturated heterocycles. The van der Waals surface area contributed by atoms with E-state index in [4.69, 9.17) is 4.74 Å². The van der Waals surface area contributed by atoms with Crippen molar-refractivity contribution in [1.82, 2.24) is 20.4 Å². The molecule has 2 N–H and O–H groups in total. The van der Waals surface area contributed by atoms with Gasteiger partial charge < -0.3 is 20.3 Å². The normalized spacial score (nSPS) is 16.2. The SMILES string of the molecule is COc1ccc(C(CNC(=O)C(=O)NCc2cccs2)N2CCN(C)CC2)cc1. The average molecular weight is 417 g/mol. The van der Waals surface area contributed by atoms with E-state index in [0.717, 1.165) is 42.4 Å². The second kappa shape index (κ2) is 10.4. The van der Waals surface area contributed by atoms with Crippen LogP contribution in [-0.2, 0) is 16.1 Å². The zero-order chi connectivity index (χ0) is 20.6. The summed E-state index contributed by atoms with van der Waals surface area (Å²) in [6.45, 7) is 4.51. The monoisotopic (exact) mass is 416 g/mol. The van der Waals surface area contributed by atoms with Crippen LogP contribution >= 0.6 is 11.3 Å². The first kappa shape index (κ1) is 21.3.